The monoisotopic (exact) mass is 772 g/mol. The lowest BCUT2D eigenvalue weighted by Gasteiger charge is -2.32. The van der Waals surface area contributed by atoms with Crippen molar-refractivity contribution in [2.45, 2.75) is 153 Å². The summed E-state index contributed by atoms with van der Waals surface area (Å²) >= 11 is 0. The van der Waals surface area contributed by atoms with Gasteiger partial charge in [0.15, 0.2) is 0 Å². The molecule has 1 aliphatic carbocycles. The molecule has 1 aromatic rings. The minimum atomic E-state index is -1.45. The second kappa shape index (κ2) is 21.1. The molecule has 3 aliphatic rings. The van der Waals surface area contributed by atoms with Crippen LogP contribution in [0, 0.1) is 11.8 Å². The second-order valence-corrected chi connectivity index (χ2v) is 15.6. The van der Waals surface area contributed by atoms with Crippen LogP contribution in [0.15, 0.2) is 60.2 Å². The quantitative estimate of drug-likeness (QED) is 0.0467. The molecule has 0 amide bonds. The summed E-state index contributed by atoms with van der Waals surface area (Å²) in [7, 11) is 1.72. The summed E-state index contributed by atoms with van der Waals surface area (Å²) in [4.78, 5) is 33.1. The first-order valence-corrected chi connectivity index (χ1v) is 19.3. The van der Waals surface area contributed by atoms with Gasteiger partial charge in [-0.05, 0) is 82.2 Å². The lowest BCUT2D eigenvalue weighted by Crippen LogP contribution is -2.52. The molecule has 308 valence electrons. The van der Waals surface area contributed by atoms with Crippen LogP contribution in [0.25, 0.3) is 0 Å². The van der Waals surface area contributed by atoms with E-state index >= 15 is 0 Å². The van der Waals surface area contributed by atoms with Crippen LogP contribution < -0.4 is 10.6 Å². The summed E-state index contributed by atoms with van der Waals surface area (Å²) < 4.78 is 23.3. The molecular formula is C42H64N2O11. The van der Waals surface area contributed by atoms with E-state index in [1.165, 1.54) is 19.8 Å². The highest BCUT2D eigenvalue weighted by molar-refractivity contribution is 5.70. The van der Waals surface area contributed by atoms with Crippen molar-refractivity contribution < 1.29 is 53.8 Å². The number of esters is 2. The van der Waals surface area contributed by atoms with Crippen LogP contribution in [0.1, 0.15) is 92.6 Å². The van der Waals surface area contributed by atoms with Crippen LogP contribution in [0.3, 0.4) is 0 Å². The third-order valence-electron chi connectivity index (χ3n) is 10.6. The van der Waals surface area contributed by atoms with Crippen molar-refractivity contribution >= 4 is 24.1 Å². The van der Waals surface area contributed by atoms with E-state index in [4.69, 9.17) is 28.8 Å². The number of allylic oxidation sites excluding steroid dienone is 2. The normalized spacial score (nSPS) is 30.8. The van der Waals surface area contributed by atoms with E-state index < -0.39 is 47.5 Å². The first kappa shape index (κ1) is 45.8. The number of cyclic esters (lactones) is 1. The number of aliphatic hydroxyl groups excluding tert-OH is 1. The number of anilines is 1. The summed E-state index contributed by atoms with van der Waals surface area (Å²) in [5, 5.41) is 47.6. The molecule has 55 heavy (non-hydrogen) atoms. The SMILES string of the molecule is CC[C@H](OC)[C@@H](C)[C@H]1O[C@@H]1C(NCc1ccc(NC2CC2)cc1)C(C)(O)/C=C/C=C(\C)C1OC(=O)C[C@H](O)CC[C@@](C)(O)[C@@H](OC(C)=O)/C=C/[C@@H]1C.O=CO. The third-order valence-corrected chi connectivity index (χ3v) is 10.6. The molecular weight excluding hydrogens is 708 g/mol. The number of carbonyl (C=O) groups is 3. The maximum Gasteiger partial charge on any atom is 0.309 e. The van der Waals surface area contributed by atoms with Gasteiger partial charge in [0.1, 0.15) is 23.9 Å². The molecule has 2 fully saturated rings. The van der Waals surface area contributed by atoms with Gasteiger partial charge >= 0.3 is 11.9 Å². The highest BCUT2D eigenvalue weighted by Crippen LogP contribution is 2.39. The Morgan fingerprint density at radius 3 is 2.38 bits per heavy atom. The summed E-state index contributed by atoms with van der Waals surface area (Å²) in [6, 6.07) is 8.48. The van der Waals surface area contributed by atoms with Gasteiger partial charge in [-0.3, -0.25) is 14.4 Å². The number of nitrogens with one attached hydrogen (secondary N) is 2. The van der Waals surface area contributed by atoms with Gasteiger partial charge in [0.05, 0.1) is 36.4 Å². The molecule has 0 radical (unpaired) electrons. The molecule has 0 aromatic heterocycles. The summed E-state index contributed by atoms with van der Waals surface area (Å²) in [6.45, 7) is 12.8. The molecule has 1 saturated carbocycles. The van der Waals surface area contributed by atoms with Crippen molar-refractivity contribution in [3.63, 3.8) is 0 Å². The Morgan fingerprint density at radius 2 is 1.80 bits per heavy atom. The molecule has 13 heteroatoms. The Kier molecular flexibility index (Phi) is 17.6. The fourth-order valence-electron chi connectivity index (χ4n) is 7.08. The smallest absolute Gasteiger partial charge is 0.309 e. The summed E-state index contributed by atoms with van der Waals surface area (Å²) in [5.41, 5.74) is 0.104. The third kappa shape index (κ3) is 14.5. The first-order chi connectivity index (χ1) is 26.0. The van der Waals surface area contributed by atoms with Crippen molar-refractivity contribution in [3.8, 4) is 0 Å². The van der Waals surface area contributed by atoms with Gasteiger partial charge in [0, 0.05) is 44.1 Å². The zero-order valence-electron chi connectivity index (χ0n) is 33.6. The molecule has 11 atom stereocenters. The number of ether oxygens (including phenoxy) is 4. The zero-order chi connectivity index (χ0) is 40.9. The lowest BCUT2D eigenvalue weighted by molar-refractivity contribution is -0.157. The minimum Gasteiger partial charge on any atom is -0.483 e. The van der Waals surface area contributed by atoms with Crippen LogP contribution in [-0.2, 0) is 39.9 Å². The standard InChI is InChI=1S/C41H62N2O9.CH2O2/c1-9-33(49-8)27(4)37-38(52-37)39(42-24-29-13-15-30(16-14-29)43-31-17-18-31)41(7,48)21-10-11-25(2)36-26(3)12-19-34(50-28(5)44)40(6,47)22-20-32(45)23-35(46)51-36;2-1-3/h10-16,19,21,26-27,31-34,36-39,42-43,45,47-48H,9,17-18,20,22-24H2,1-8H3;1H,(H,2,3)/b19-12+,21-10+,25-11+;/t26-,27+,32+,33-,34-,36?,37+,38-,39?,40+,41?;/m0./s1. The number of epoxide rings is 1. The van der Waals surface area contributed by atoms with Crippen molar-refractivity contribution in [3.05, 3.63) is 65.8 Å². The van der Waals surface area contributed by atoms with Crippen LogP contribution in [0.4, 0.5) is 5.69 Å². The summed E-state index contributed by atoms with van der Waals surface area (Å²) in [6.07, 6.45) is 8.91. The molecule has 6 N–H and O–H groups in total. The van der Waals surface area contributed by atoms with Crippen molar-refractivity contribution in [2.24, 2.45) is 11.8 Å². The van der Waals surface area contributed by atoms with E-state index in [0.717, 1.165) is 17.7 Å². The Bertz CT molecular complexity index is 1470. The Balaban J connectivity index is 0.00000262. The number of hydrogen-bond acceptors (Lipinski definition) is 12. The van der Waals surface area contributed by atoms with Crippen molar-refractivity contribution in [1.82, 2.24) is 5.32 Å². The number of methoxy groups -OCH3 is 1. The average Bonchev–Trinajstić information content (AvgIpc) is 4.06. The second-order valence-electron chi connectivity index (χ2n) is 15.6. The van der Waals surface area contributed by atoms with Crippen LogP contribution in [0.5, 0.6) is 0 Å². The fraction of sp³-hybridized carbons (Fsp3) is 0.643. The predicted molar refractivity (Wildman–Crippen MR) is 209 cm³/mol. The van der Waals surface area contributed by atoms with Gasteiger partial charge in [0.2, 0.25) is 0 Å². The molecule has 1 aromatic carbocycles. The Hall–Kier alpha value is -3.59. The van der Waals surface area contributed by atoms with Crippen LogP contribution in [0.2, 0.25) is 0 Å². The van der Waals surface area contributed by atoms with E-state index in [1.54, 1.807) is 51.3 Å². The molecule has 2 heterocycles. The zero-order valence-corrected chi connectivity index (χ0v) is 33.6. The van der Waals surface area contributed by atoms with E-state index in [9.17, 15) is 24.9 Å². The number of hydrogen-bond donors (Lipinski definition) is 6. The van der Waals surface area contributed by atoms with E-state index in [-0.39, 0.29) is 55.9 Å². The van der Waals surface area contributed by atoms with Crippen LogP contribution in [-0.4, -0.2) is 106 Å². The van der Waals surface area contributed by atoms with E-state index in [2.05, 4.69) is 48.7 Å². The van der Waals surface area contributed by atoms with Crippen molar-refractivity contribution in [1.29, 1.82) is 0 Å². The van der Waals surface area contributed by atoms with Gasteiger partial charge in [-0.25, -0.2) is 0 Å². The first-order valence-electron chi connectivity index (χ1n) is 19.3. The van der Waals surface area contributed by atoms with Gasteiger partial charge in [-0.15, -0.1) is 0 Å². The molecule has 1 saturated heterocycles. The predicted octanol–water partition coefficient (Wildman–Crippen LogP) is 4.83. The molecule has 13 nitrogen and oxygen atoms in total. The van der Waals surface area contributed by atoms with Gasteiger partial charge in [-0.1, -0.05) is 57.2 Å². The van der Waals surface area contributed by atoms with Gasteiger partial charge in [0.25, 0.3) is 6.47 Å². The molecule has 3 unspecified atom stereocenters. The number of rotatable bonds is 15. The topological polar surface area (TPSA) is 196 Å². The molecule has 2 aliphatic heterocycles. The minimum absolute atomic E-state index is 0.0365. The summed E-state index contributed by atoms with van der Waals surface area (Å²) in [5.74, 6) is -1.35. The maximum atomic E-state index is 12.9. The molecule has 0 spiro atoms. The van der Waals surface area contributed by atoms with Gasteiger partial charge < -0.3 is 50.0 Å². The van der Waals surface area contributed by atoms with Crippen LogP contribution >= 0.6 is 0 Å². The lowest BCUT2D eigenvalue weighted by atomic mass is 9.87. The number of carboxylic acid groups (broad SMARTS) is 1. The molecule has 0 bridgehead atoms. The Morgan fingerprint density at radius 1 is 1.15 bits per heavy atom. The Labute approximate surface area is 326 Å². The molecule has 4 rings (SSSR count). The van der Waals surface area contributed by atoms with Gasteiger partial charge in [-0.2, -0.15) is 0 Å². The highest BCUT2D eigenvalue weighted by Gasteiger charge is 2.54. The average molecular weight is 773 g/mol. The highest BCUT2D eigenvalue weighted by atomic mass is 16.6. The number of benzene rings is 1. The number of carbonyl (C=O) groups excluding carboxylic acids is 2. The largest absolute Gasteiger partial charge is 0.483 e. The van der Waals surface area contributed by atoms with Crippen molar-refractivity contribution in [2.75, 3.05) is 12.4 Å². The number of aliphatic hydroxyl groups is 3. The van der Waals surface area contributed by atoms with E-state index in [1.807, 2.05) is 13.8 Å². The fourth-order valence-corrected chi connectivity index (χ4v) is 7.08. The maximum absolute atomic E-state index is 12.9. The van der Waals surface area contributed by atoms with E-state index in [0.29, 0.717) is 18.2 Å².